The Balaban J connectivity index is 2.26. The lowest BCUT2D eigenvalue weighted by Gasteiger charge is -2.11. The number of rotatable bonds is 4. The molecule has 1 unspecified atom stereocenters. The van der Waals surface area contributed by atoms with Crippen molar-refractivity contribution in [3.05, 3.63) is 42.7 Å². The quantitative estimate of drug-likeness (QED) is 0.742. The Bertz CT molecular complexity index is 436. The molecule has 0 spiro atoms. The smallest absolute Gasteiger partial charge is 0.139 e. The molecular formula is C13H15ClN2. The van der Waals surface area contributed by atoms with E-state index < -0.39 is 0 Å². The summed E-state index contributed by atoms with van der Waals surface area (Å²) in [6.45, 7) is 3.05. The van der Waals surface area contributed by atoms with Crippen LogP contribution in [0.15, 0.2) is 42.7 Å². The summed E-state index contributed by atoms with van der Waals surface area (Å²) in [4.78, 5) is 4.39. The van der Waals surface area contributed by atoms with Crippen LogP contribution in [-0.4, -0.2) is 15.4 Å². The fraction of sp³-hybridized carbons (Fsp3) is 0.308. The minimum atomic E-state index is 0.457. The van der Waals surface area contributed by atoms with Crippen LogP contribution in [0.5, 0.6) is 0 Å². The SMILES string of the molecule is CC(CCl)Cn1ccnc1-c1ccccc1. The number of imidazole rings is 1. The Hall–Kier alpha value is -1.28. The normalized spacial score (nSPS) is 12.6. The summed E-state index contributed by atoms with van der Waals surface area (Å²) in [6.07, 6.45) is 3.84. The number of hydrogen-bond donors (Lipinski definition) is 0. The van der Waals surface area contributed by atoms with Crippen LogP contribution in [0.4, 0.5) is 0 Å². The highest BCUT2D eigenvalue weighted by Crippen LogP contribution is 2.18. The van der Waals surface area contributed by atoms with E-state index in [4.69, 9.17) is 11.6 Å². The summed E-state index contributed by atoms with van der Waals surface area (Å²) >= 11 is 5.83. The van der Waals surface area contributed by atoms with Gasteiger partial charge in [0.1, 0.15) is 5.82 Å². The first-order valence-corrected chi connectivity index (χ1v) is 5.97. The zero-order valence-electron chi connectivity index (χ0n) is 9.31. The first-order chi connectivity index (χ1) is 7.81. The van der Waals surface area contributed by atoms with E-state index in [1.54, 1.807) is 0 Å². The average molecular weight is 235 g/mol. The largest absolute Gasteiger partial charge is 0.331 e. The lowest BCUT2D eigenvalue weighted by Crippen LogP contribution is -2.09. The van der Waals surface area contributed by atoms with Crippen LogP contribution < -0.4 is 0 Å². The van der Waals surface area contributed by atoms with E-state index in [0.29, 0.717) is 11.8 Å². The first-order valence-electron chi connectivity index (χ1n) is 5.43. The molecule has 2 rings (SSSR count). The second kappa shape index (κ2) is 5.17. The number of nitrogens with zero attached hydrogens (tertiary/aromatic N) is 2. The molecule has 0 aliphatic heterocycles. The molecule has 0 radical (unpaired) electrons. The molecule has 2 nitrogen and oxygen atoms in total. The number of aromatic nitrogens is 2. The second-order valence-corrected chi connectivity index (χ2v) is 4.34. The Morgan fingerprint density at radius 2 is 2.06 bits per heavy atom. The first kappa shape index (κ1) is 11.2. The molecule has 1 heterocycles. The fourth-order valence-corrected chi connectivity index (χ4v) is 1.79. The number of halogens is 1. The molecule has 0 bridgehead atoms. The fourth-order valence-electron chi connectivity index (χ4n) is 1.69. The Morgan fingerprint density at radius 3 is 2.75 bits per heavy atom. The van der Waals surface area contributed by atoms with Gasteiger partial charge in [0, 0.05) is 30.4 Å². The van der Waals surface area contributed by atoms with E-state index in [2.05, 4.69) is 28.6 Å². The third-order valence-corrected chi connectivity index (χ3v) is 3.05. The van der Waals surface area contributed by atoms with Crippen LogP contribution in [0.1, 0.15) is 6.92 Å². The van der Waals surface area contributed by atoms with Gasteiger partial charge in [0.25, 0.3) is 0 Å². The van der Waals surface area contributed by atoms with Crippen molar-refractivity contribution in [2.75, 3.05) is 5.88 Å². The minimum Gasteiger partial charge on any atom is -0.331 e. The lowest BCUT2D eigenvalue weighted by molar-refractivity contribution is 0.532. The van der Waals surface area contributed by atoms with Crippen molar-refractivity contribution < 1.29 is 0 Å². The molecule has 1 aromatic carbocycles. The number of benzene rings is 1. The number of hydrogen-bond acceptors (Lipinski definition) is 1. The molecule has 0 N–H and O–H groups in total. The van der Waals surface area contributed by atoms with E-state index in [-0.39, 0.29) is 0 Å². The highest BCUT2D eigenvalue weighted by atomic mass is 35.5. The highest BCUT2D eigenvalue weighted by Gasteiger charge is 2.07. The van der Waals surface area contributed by atoms with Crippen molar-refractivity contribution in [2.24, 2.45) is 5.92 Å². The maximum atomic E-state index is 5.83. The molecule has 0 aliphatic carbocycles. The zero-order valence-corrected chi connectivity index (χ0v) is 10.1. The molecule has 2 aromatic rings. The van der Waals surface area contributed by atoms with Crippen molar-refractivity contribution in [3.63, 3.8) is 0 Å². The Labute approximate surface area is 101 Å². The number of alkyl halides is 1. The molecule has 16 heavy (non-hydrogen) atoms. The molecular weight excluding hydrogens is 220 g/mol. The van der Waals surface area contributed by atoms with Gasteiger partial charge in [-0.05, 0) is 5.92 Å². The van der Waals surface area contributed by atoms with Crippen molar-refractivity contribution >= 4 is 11.6 Å². The van der Waals surface area contributed by atoms with Crippen molar-refractivity contribution in [3.8, 4) is 11.4 Å². The van der Waals surface area contributed by atoms with Crippen molar-refractivity contribution in [1.29, 1.82) is 0 Å². The van der Waals surface area contributed by atoms with E-state index in [9.17, 15) is 0 Å². The summed E-state index contributed by atoms with van der Waals surface area (Å²) < 4.78 is 2.16. The van der Waals surface area contributed by atoms with Crippen LogP contribution in [0, 0.1) is 5.92 Å². The van der Waals surface area contributed by atoms with Gasteiger partial charge in [0.05, 0.1) is 0 Å². The monoisotopic (exact) mass is 234 g/mol. The van der Waals surface area contributed by atoms with Crippen LogP contribution in [0.2, 0.25) is 0 Å². The van der Waals surface area contributed by atoms with Crippen LogP contribution in [-0.2, 0) is 6.54 Å². The molecule has 1 atom stereocenters. The van der Waals surface area contributed by atoms with Crippen LogP contribution in [0.25, 0.3) is 11.4 Å². The van der Waals surface area contributed by atoms with Gasteiger partial charge in [-0.15, -0.1) is 11.6 Å². The van der Waals surface area contributed by atoms with E-state index >= 15 is 0 Å². The summed E-state index contributed by atoms with van der Waals surface area (Å²) in [5, 5.41) is 0. The average Bonchev–Trinajstić information content (AvgIpc) is 2.78. The standard InChI is InChI=1S/C13H15ClN2/c1-11(9-14)10-16-8-7-15-13(16)12-5-3-2-4-6-12/h2-8,11H,9-10H2,1H3. The highest BCUT2D eigenvalue weighted by molar-refractivity contribution is 6.18. The van der Waals surface area contributed by atoms with E-state index in [1.165, 1.54) is 0 Å². The van der Waals surface area contributed by atoms with Gasteiger partial charge in [0.2, 0.25) is 0 Å². The van der Waals surface area contributed by atoms with Crippen LogP contribution in [0.3, 0.4) is 0 Å². The topological polar surface area (TPSA) is 17.8 Å². The van der Waals surface area contributed by atoms with Crippen LogP contribution >= 0.6 is 11.6 Å². The zero-order chi connectivity index (χ0) is 11.4. The van der Waals surface area contributed by atoms with E-state index in [1.807, 2.05) is 30.6 Å². The summed E-state index contributed by atoms with van der Waals surface area (Å²) in [5.41, 5.74) is 1.15. The van der Waals surface area contributed by atoms with E-state index in [0.717, 1.165) is 17.9 Å². The van der Waals surface area contributed by atoms with Gasteiger partial charge in [-0.1, -0.05) is 37.3 Å². The van der Waals surface area contributed by atoms with Gasteiger partial charge < -0.3 is 4.57 Å². The summed E-state index contributed by atoms with van der Waals surface area (Å²) in [7, 11) is 0. The molecule has 0 fully saturated rings. The molecule has 0 saturated carbocycles. The lowest BCUT2D eigenvalue weighted by atomic mass is 10.2. The predicted molar refractivity (Wildman–Crippen MR) is 67.5 cm³/mol. The molecule has 84 valence electrons. The molecule has 0 saturated heterocycles. The van der Waals surface area contributed by atoms with Gasteiger partial charge >= 0.3 is 0 Å². The van der Waals surface area contributed by atoms with Gasteiger partial charge in [-0.3, -0.25) is 0 Å². The molecule has 3 heteroatoms. The van der Waals surface area contributed by atoms with Gasteiger partial charge in [0.15, 0.2) is 0 Å². The molecule has 1 aromatic heterocycles. The Morgan fingerprint density at radius 1 is 1.31 bits per heavy atom. The summed E-state index contributed by atoms with van der Waals surface area (Å²) in [6, 6.07) is 10.2. The molecule has 0 aliphatic rings. The van der Waals surface area contributed by atoms with Crippen molar-refractivity contribution in [1.82, 2.24) is 9.55 Å². The third kappa shape index (κ3) is 2.45. The van der Waals surface area contributed by atoms with Gasteiger partial charge in [-0.2, -0.15) is 0 Å². The predicted octanol–water partition coefficient (Wildman–Crippen LogP) is 3.43. The summed E-state index contributed by atoms with van der Waals surface area (Å²) in [5.74, 6) is 2.14. The second-order valence-electron chi connectivity index (χ2n) is 4.03. The molecule has 0 amide bonds. The van der Waals surface area contributed by atoms with Crippen molar-refractivity contribution in [2.45, 2.75) is 13.5 Å². The third-order valence-electron chi connectivity index (χ3n) is 2.52. The maximum Gasteiger partial charge on any atom is 0.139 e. The maximum absolute atomic E-state index is 5.83. The Kier molecular flexibility index (Phi) is 3.62. The minimum absolute atomic E-state index is 0.457. The van der Waals surface area contributed by atoms with Gasteiger partial charge in [-0.25, -0.2) is 4.98 Å².